The van der Waals surface area contributed by atoms with Gasteiger partial charge in [0.05, 0.1) is 51.0 Å². The number of piperazine rings is 1. The lowest BCUT2D eigenvalue weighted by molar-refractivity contribution is -0.925. The average Bonchev–Trinajstić information content (AvgIpc) is 3.01. The van der Waals surface area contributed by atoms with Gasteiger partial charge >= 0.3 is 0 Å². The van der Waals surface area contributed by atoms with Crippen LogP contribution in [0.1, 0.15) is 6.42 Å². The Labute approximate surface area is 154 Å². The van der Waals surface area contributed by atoms with Crippen molar-refractivity contribution in [2.24, 2.45) is 0 Å². The molecular weight excluding hydrogens is 380 g/mol. The van der Waals surface area contributed by atoms with Gasteiger partial charge in [0.2, 0.25) is 10.0 Å². The first-order valence-corrected chi connectivity index (χ1v) is 11.8. The van der Waals surface area contributed by atoms with E-state index < -0.39 is 19.9 Å². The monoisotopic (exact) mass is 405 g/mol. The zero-order chi connectivity index (χ0) is 18.9. The number of sulfonamides is 1. The van der Waals surface area contributed by atoms with E-state index in [1.165, 1.54) is 35.6 Å². The van der Waals surface area contributed by atoms with Crippen molar-refractivity contribution in [3.8, 4) is 11.5 Å². The highest BCUT2D eigenvalue weighted by Crippen LogP contribution is 2.30. The average molecular weight is 406 g/mol. The Morgan fingerprint density at radius 3 is 2.31 bits per heavy atom. The maximum atomic E-state index is 12.9. The molecule has 0 aromatic heterocycles. The van der Waals surface area contributed by atoms with E-state index in [1.54, 1.807) is 6.07 Å². The van der Waals surface area contributed by atoms with Crippen LogP contribution in [0.2, 0.25) is 0 Å². The number of nitrogens with one attached hydrogen (secondary N) is 1. The minimum absolute atomic E-state index is 0.0888. The summed E-state index contributed by atoms with van der Waals surface area (Å²) < 4.78 is 61.0. The van der Waals surface area contributed by atoms with Crippen LogP contribution in [0.5, 0.6) is 11.5 Å². The summed E-state index contributed by atoms with van der Waals surface area (Å²) in [5.41, 5.74) is 0. The van der Waals surface area contributed by atoms with Gasteiger partial charge in [-0.1, -0.05) is 0 Å². The lowest BCUT2D eigenvalue weighted by atomic mass is 10.2. The first-order valence-electron chi connectivity index (χ1n) is 8.54. The van der Waals surface area contributed by atoms with Crippen LogP contribution in [0.15, 0.2) is 23.1 Å². The highest BCUT2D eigenvalue weighted by Gasteiger charge is 2.39. The zero-order valence-electron chi connectivity index (χ0n) is 15.0. The van der Waals surface area contributed by atoms with Crippen LogP contribution in [0.3, 0.4) is 0 Å². The second kappa shape index (κ2) is 7.34. The fourth-order valence-electron chi connectivity index (χ4n) is 3.67. The number of quaternary nitrogens is 1. The summed E-state index contributed by atoms with van der Waals surface area (Å²) >= 11 is 0. The normalized spacial score (nSPS) is 24.5. The number of sulfone groups is 1. The molecule has 26 heavy (non-hydrogen) atoms. The first kappa shape index (κ1) is 19.4. The Hall–Kier alpha value is -1.36. The summed E-state index contributed by atoms with van der Waals surface area (Å²) in [4.78, 5) is 1.35. The van der Waals surface area contributed by atoms with Crippen molar-refractivity contribution in [2.45, 2.75) is 17.4 Å². The van der Waals surface area contributed by atoms with Gasteiger partial charge in [0.25, 0.3) is 0 Å². The third-order valence-corrected chi connectivity index (χ3v) is 8.83. The van der Waals surface area contributed by atoms with E-state index in [0.29, 0.717) is 44.1 Å². The van der Waals surface area contributed by atoms with Gasteiger partial charge in [-0.15, -0.1) is 0 Å². The second-order valence-electron chi connectivity index (χ2n) is 6.68. The van der Waals surface area contributed by atoms with Gasteiger partial charge in [0.15, 0.2) is 21.3 Å². The van der Waals surface area contributed by atoms with Gasteiger partial charge in [0.1, 0.15) is 11.8 Å². The predicted octanol–water partition coefficient (Wildman–Crippen LogP) is -1.22. The Morgan fingerprint density at radius 1 is 1.12 bits per heavy atom. The van der Waals surface area contributed by atoms with Crippen molar-refractivity contribution in [3.05, 3.63) is 18.2 Å². The first-order chi connectivity index (χ1) is 12.3. The van der Waals surface area contributed by atoms with Crippen LogP contribution in [0.25, 0.3) is 0 Å². The molecule has 1 N–H and O–H groups in total. The van der Waals surface area contributed by atoms with Crippen LogP contribution in [-0.4, -0.2) is 79.1 Å². The summed E-state index contributed by atoms with van der Waals surface area (Å²) in [6.07, 6.45) is 0.667. The van der Waals surface area contributed by atoms with E-state index in [2.05, 4.69) is 0 Å². The Kier molecular flexibility index (Phi) is 5.48. The highest BCUT2D eigenvalue weighted by atomic mass is 32.2. The number of methoxy groups -OCH3 is 2. The van der Waals surface area contributed by atoms with Crippen molar-refractivity contribution in [1.29, 1.82) is 0 Å². The number of hydrogen-bond acceptors (Lipinski definition) is 6. The minimum atomic E-state index is -3.62. The quantitative estimate of drug-likeness (QED) is 0.660. The molecule has 0 bridgehead atoms. The molecule has 0 amide bonds. The summed E-state index contributed by atoms with van der Waals surface area (Å²) in [5, 5.41) is 0. The number of nitrogens with zero attached hydrogens (tertiary/aromatic N) is 1. The third-order valence-electron chi connectivity index (χ3n) is 5.17. The molecule has 0 aliphatic carbocycles. The molecule has 8 nitrogen and oxygen atoms in total. The number of hydrogen-bond donors (Lipinski definition) is 1. The fraction of sp³-hybridized carbons (Fsp3) is 0.625. The molecule has 2 aliphatic rings. The summed E-state index contributed by atoms with van der Waals surface area (Å²) in [5.74, 6) is 1.30. The van der Waals surface area contributed by atoms with E-state index in [0.717, 1.165) is 0 Å². The maximum absolute atomic E-state index is 12.9. The van der Waals surface area contributed by atoms with E-state index in [4.69, 9.17) is 9.47 Å². The smallest absolute Gasteiger partial charge is 0.243 e. The molecule has 2 fully saturated rings. The highest BCUT2D eigenvalue weighted by molar-refractivity contribution is 7.91. The minimum Gasteiger partial charge on any atom is -0.493 e. The van der Waals surface area contributed by atoms with E-state index in [9.17, 15) is 16.8 Å². The molecule has 2 aliphatic heterocycles. The Bertz CT molecular complexity index is 861. The molecule has 1 aromatic carbocycles. The molecule has 2 saturated heterocycles. The summed E-state index contributed by atoms with van der Waals surface area (Å²) in [7, 11) is -3.58. The Morgan fingerprint density at radius 2 is 1.77 bits per heavy atom. The van der Waals surface area contributed by atoms with Gasteiger partial charge in [-0.3, -0.25) is 0 Å². The van der Waals surface area contributed by atoms with E-state index in [1.807, 2.05) is 0 Å². The molecule has 146 valence electrons. The molecule has 0 saturated carbocycles. The van der Waals surface area contributed by atoms with Crippen LogP contribution in [-0.2, 0) is 19.9 Å². The lowest BCUT2D eigenvalue weighted by Gasteiger charge is -2.34. The molecule has 0 radical (unpaired) electrons. The van der Waals surface area contributed by atoms with Crippen LogP contribution < -0.4 is 14.4 Å². The van der Waals surface area contributed by atoms with Crippen LogP contribution in [0.4, 0.5) is 0 Å². The SMILES string of the molecule is COc1ccc(S(=O)(=O)N2CC[NH+]([C@@H]3CCS(=O)(=O)C3)CC2)cc1OC. The third kappa shape index (κ3) is 3.83. The van der Waals surface area contributed by atoms with Crippen molar-refractivity contribution >= 4 is 19.9 Å². The molecule has 10 heteroatoms. The van der Waals surface area contributed by atoms with Gasteiger partial charge in [-0.05, 0) is 12.1 Å². The van der Waals surface area contributed by atoms with Gasteiger partial charge in [-0.2, -0.15) is 4.31 Å². The van der Waals surface area contributed by atoms with Crippen LogP contribution in [0, 0.1) is 0 Å². The van der Waals surface area contributed by atoms with Gasteiger partial charge in [0, 0.05) is 12.5 Å². The largest absolute Gasteiger partial charge is 0.493 e. The van der Waals surface area contributed by atoms with Gasteiger partial charge < -0.3 is 14.4 Å². The zero-order valence-corrected chi connectivity index (χ0v) is 16.6. The molecule has 0 unspecified atom stereocenters. The van der Waals surface area contributed by atoms with E-state index >= 15 is 0 Å². The fourth-order valence-corrected chi connectivity index (χ4v) is 6.95. The standard InChI is InChI=1S/C16H24N2O6S2/c1-23-15-4-3-14(11-16(15)24-2)26(21,22)18-8-6-17(7-9-18)13-5-10-25(19,20)12-13/h3-4,11,13H,5-10,12H2,1-2H3/p+1/t13-/m1/s1. The molecule has 2 heterocycles. The van der Waals surface area contributed by atoms with Crippen molar-refractivity contribution in [3.63, 3.8) is 0 Å². The van der Waals surface area contributed by atoms with Crippen molar-refractivity contribution in [2.75, 3.05) is 51.9 Å². The maximum Gasteiger partial charge on any atom is 0.243 e. The molecular formula is C16H25N2O6S2+. The summed E-state index contributed by atoms with van der Waals surface area (Å²) in [6.45, 7) is 1.99. The van der Waals surface area contributed by atoms with E-state index in [-0.39, 0.29) is 22.4 Å². The topological polar surface area (TPSA) is 94.4 Å². The molecule has 3 rings (SSSR count). The Balaban J connectivity index is 1.70. The molecule has 1 aromatic rings. The number of rotatable bonds is 5. The van der Waals surface area contributed by atoms with Gasteiger partial charge in [-0.25, -0.2) is 16.8 Å². The number of benzene rings is 1. The van der Waals surface area contributed by atoms with Crippen molar-refractivity contribution < 1.29 is 31.2 Å². The number of ether oxygens (including phenoxy) is 2. The van der Waals surface area contributed by atoms with Crippen molar-refractivity contribution in [1.82, 2.24) is 4.31 Å². The molecule has 0 spiro atoms. The summed E-state index contributed by atoms with van der Waals surface area (Å²) in [6, 6.07) is 4.65. The van der Waals surface area contributed by atoms with Crippen LogP contribution >= 0.6 is 0 Å². The second-order valence-corrected chi connectivity index (χ2v) is 10.8. The lowest BCUT2D eigenvalue weighted by Crippen LogP contribution is -3.18. The predicted molar refractivity (Wildman–Crippen MR) is 96.1 cm³/mol. The molecule has 1 atom stereocenters.